The molecule has 1 atom stereocenters. The molecule has 0 aliphatic carbocycles. The molecule has 0 bridgehead atoms. The number of phenolic OH excluding ortho intramolecular Hbond substituents is 1. The van der Waals surface area contributed by atoms with Gasteiger partial charge in [0.25, 0.3) is 5.91 Å². The van der Waals surface area contributed by atoms with E-state index in [4.69, 9.17) is 0 Å². The van der Waals surface area contributed by atoms with Crippen LogP contribution in [0.25, 0.3) is 0 Å². The number of aromatic hydroxyl groups is 1. The third-order valence-corrected chi connectivity index (χ3v) is 3.44. The first-order valence-electron chi connectivity index (χ1n) is 7.24. The molecule has 0 aliphatic rings. The summed E-state index contributed by atoms with van der Waals surface area (Å²) in [5.74, 6) is 0.906. The lowest BCUT2D eigenvalue weighted by molar-refractivity contribution is 0.0827. The molecule has 0 aliphatic heterocycles. The van der Waals surface area contributed by atoms with Crippen LogP contribution in [0, 0.1) is 0 Å². The second-order valence-corrected chi connectivity index (χ2v) is 5.33. The topological polar surface area (TPSA) is 65.5 Å². The van der Waals surface area contributed by atoms with Gasteiger partial charge in [0, 0.05) is 20.3 Å². The molecule has 0 fully saturated rings. The van der Waals surface area contributed by atoms with Gasteiger partial charge in [0.2, 0.25) is 0 Å². The molecule has 1 aromatic heterocycles. The first kappa shape index (κ1) is 15.8. The van der Waals surface area contributed by atoms with E-state index < -0.39 is 0 Å². The van der Waals surface area contributed by atoms with Crippen molar-refractivity contribution in [2.24, 2.45) is 0 Å². The lowest BCUT2D eigenvalue weighted by Crippen LogP contribution is -2.21. The van der Waals surface area contributed by atoms with Gasteiger partial charge < -0.3 is 15.3 Å². The number of phenols is 1. The Morgan fingerprint density at radius 3 is 2.41 bits per heavy atom. The summed E-state index contributed by atoms with van der Waals surface area (Å²) in [6.07, 6.45) is 2.46. The smallest absolute Gasteiger partial charge is 0.254 e. The summed E-state index contributed by atoms with van der Waals surface area (Å²) in [4.78, 5) is 17.7. The molecule has 0 radical (unpaired) electrons. The fourth-order valence-corrected chi connectivity index (χ4v) is 2.17. The highest BCUT2D eigenvalue weighted by atomic mass is 16.3. The van der Waals surface area contributed by atoms with Crippen LogP contribution in [0.3, 0.4) is 0 Å². The molecule has 2 rings (SSSR count). The first-order chi connectivity index (χ1) is 10.5. The van der Waals surface area contributed by atoms with Gasteiger partial charge in [-0.25, -0.2) is 4.98 Å². The van der Waals surface area contributed by atoms with Crippen LogP contribution in [-0.4, -0.2) is 35.0 Å². The molecule has 1 amide bonds. The van der Waals surface area contributed by atoms with Crippen molar-refractivity contribution in [3.63, 3.8) is 0 Å². The monoisotopic (exact) mass is 299 g/mol. The van der Waals surface area contributed by atoms with Gasteiger partial charge in [-0.1, -0.05) is 19.1 Å². The maximum absolute atomic E-state index is 11.8. The Labute approximate surface area is 130 Å². The van der Waals surface area contributed by atoms with Crippen molar-refractivity contribution in [1.29, 1.82) is 0 Å². The van der Waals surface area contributed by atoms with Crippen molar-refractivity contribution in [2.45, 2.75) is 19.4 Å². The quantitative estimate of drug-likeness (QED) is 0.890. The summed E-state index contributed by atoms with van der Waals surface area (Å²) in [5.41, 5.74) is 1.64. The van der Waals surface area contributed by atoms with Crippen molar-refractivity contribution >= 4 is 11.7 Å². The number of aromatic nitrogens is 1. The van der Waals surface area contributed by atoms with Crippen LogP contribution >= 0.6 is 0 Å². The van der Waals surface area contributed by atoms with Crippen LogP contribution < -0.4 is 5.32 Å². The van der Waals surface area contributed by atoms with E-state index in [1.807, 2.05) is 12.1 Å². The number of nitrogens with one attached hydrogen (secondary N) is 1. The number of amides is 1. The summed E-state index contributed by atoms with van der Waals surface area (Å²) in [6, 6.07) is 10.8. The molecule has 0 spiro atoms. The van der Waals surface area contributed by atoms with Crippen molar-refractivity contribution < 1.29 is 9.90 Å². The van der Waals surface area contributed by atoms with E-state index in [1.54, 1.807) is 44.6 Å². The lowest BCUT2D eigenvalue weighted by Gasteiger charge is -2.18. The predicted octanol–water partition coefficient (Wildman–Crippen LogP) is 3.05. The Balaban J connectivity index is 2.11. The average Bonchev–Trinajstić information content (AvgIpc) is 2.53. The van der Waals surface area contributed by atoms with Gasteiger partial charge in [0.15, 0.2) is 0 Å². The third-order valence-electron chi connectivity index (χ3n) is 3.44. The van der Waals surface area contributed by atoms with E-state index >= 15 is 0 Å². The van der Waals surface area contributed by atoms with Crippen molar-refractivity contribution in [2.75, 3.05) is 19.4 Å². The average molecular weight is 299 g/mol. The number of pyridine rings is 1. The molecule has 1 unspecified atom stereocenters. The summed E-state index contributed by atoms with van der Waals surface area (Å²) in [5, 5.41) is 12.7. The summed E-state index contributed by atoms with van der Waals surface area (Å²) < 4.78 is 0. The number of benzene rings is 1. The zero-order chi connectivity index (χ0) is 16.1. The Hall–Kier alpha value is -2.56. The van der Waals surface area contributed by atoms with Crippen molar-refractivity contribution in [3.8, 4) is 5.75 Å². The Kier molecular flexibility index (Phi) is 4.99. The number of carbonyl (C=O) groups is 1. The highest BCUT2D eigenvalue weighted by molar-refractivity contribution is 5.93. The van der Waals surface area contributed by atoms with E-state index in [2.05, 4.69) is 17.2 Å². The minimum atomic E-state index is -0.0652. The molecule has 1 aromatic carbocycles. The number of hydrogen-bond donors (Lipinski definition) is 2. The van der Waals surface area contributed by atoms with E-state index in [1.165, 1.54) is 4.90 Å². The molecule has 2 aromatic rings. The van der Waals surface area contributed by atoms with Crippen LogP contribution in [0.4, 0.5) is 5.82 Å². The standard InChI is InChI=1S/C17H21N3O2/c1-4-15(12-5-8-14(21)9-6-12)19-16-10-7-13(11-18-16)17(22)20(2)3/h5-11,15,21H,4H2,1-3H3,(H,18,19). The van der Waals surface area contributed by atoms with Gasteiger partial charge >= 0.3 is 0 Å². The molecule has 116 valence electrons. The van der Waals surface area contributed by atoms with E-state index in [-0.39, 0.29) is 17.7 Å². The highest BCUT2D eigenvalue weighted by Gasteiger charge is 2.11. The number of rotatable bonds is 5. The molecule has 1 heterocycles. The van der Waals surface area contributed by atoms with Gasteiger partial charge in [-0.15, -0.1) is 0 Å². The third kappa shape index (κ3) is 3.75. The number of carbonyl (C=O) groups excluding carboxylic acids is 1. The first-order valence-corrected chi connectivity index (χ1v) is 7.24. The fraction of sp³-hybridized carbons (Fsp3) is 0.294. The molecule has 5 heteroatoms. The van der Waals surface area contributed by atoms with Gasteiger partial charge in [0.1, 0.15) is 11.6 Å². The predicted molar refractivity (Wildman–Crippen MR) is 87.0 cm³/mol. The number of anilines is 1. The molecule has 0 saturated carbocycles. The lowest BCUT2D eigenvalue weighted by atomic mass is 10.0. The maximum Gasteiger partial charge on any atom is 0.254 e. The largest absolute Gasteiger partial charge is 0.508 e. The minimum Gasteiger partial charge on any atom is -0.508 e. The molecule has 0 saturated heterocycles. The summed E-state index contributed by atoms with van der Waals surface area (Å²) >= 11 is 0. The SMILES string of the molecule is CCC(Nc1ccc(C(=O)N(C)C)cn1)c1ccc(O)cc1. The van der Waals surface area contributed by atoms with E-state index in [9.17, 15) is 9.90 Å². The summed E-state index contributed by atoms with van der Waals surface area (Å²) in [6.45, 7) is 2.08. The fourth-order valence-electron chi connectivity index (χ4n) is 2.17. The van der Waals surface area contributed by atoms with Crippen molar-refractivity contribution in [1.82, 2.24) is 9.88 Å². The highest BCUT2D eigenvalue weighted by Crippen LogP contribution is 2.23. The second-order valence-electron chi connectivity index (χ2n) is 5.33. The number of hydrogen-bond acceptors (Lipinski definition) is 4. The van der Waals surface area contributed by atoms with Crippen LogP contribution in [0.2, 0.25) is 0 Å². The van der Waals surface area contributed by atoms with E-state index in [0.29, 0.717) is 5.56 Å². The van der Waals surface area contributed by atoms with Gasteiger partial charge in [-0.05, 0) is 36.2 Å². The summed E-state index contributed by atoms with van der Waals surface area (Å²) in [7, 11) is 3.43. The minimum absolute atomic E-state index is 0.0652. The molecule has 5 nitrogen and oxygen atoms in total. The molecule has 22 heavy (non-hydrogen) atoms. The zero-order valence-electron chi connectivity index (χ0n) is 13.1. The zero-order valence-corrected chi connectivity index (χ0v) is 13.1. The van der Waals surface area contributed by atoms with Crippen LogP contribution in [-0.2, 0) is 0 Å². The Morgan fingerprint density at radius 1 is 1.23 bits per heavy atom. The second kappa shape index (κ2) is 6.93. The number of nitrogens with zero attached hydrogens (tertiary/aromatic N) is 2. The molecular weight excluding hydrogens is 278 g/mol. The van der Waals surface area contributed by atoms with Crippen LogP contribution in [0.15, 0.2) is 42.6 Å². The van der Waals surface area contributed by atoms with Gasteiger partial charge in [-0.2, -0.15) is 0 Å². The van der Waals surface area contributed by atoms with E-state index in [0.717, 1.165) is 17.8 Å². The van der Waals surface area contributed by atoms with Crippen molar-refractivity contribution in [3.05, 3.63) is 53.7 Å². The van der Waals surface area contributed by atoms with Crippen LogP contribution in [0.5, 0.6) is 5.75 Å². The molecule has 2 N–H and O–H groups in total. The van der Waals surface area contributed by atoms with Gasteiger partial charge in [-0.3, -0.25) is 4.79 Å². The Morgan fingerprint density at radius 2 is 1.91 bits per heavy atom. The maximum atomic E-state index is 11.8. The van der Waals surface area contributed by atoms with Gasteiger partial charge in [0.05, 0.1) is 11.6 Å². The Bertz CT molecular complexity index is 621. The van der Waals surface area contributed by atoms with Crippen LogP contribution in [0.1, 0.15) is 35.3 Å². The molecular formula is C17H21N3O2. The normalized spacial score (nSPS) is 11.8.